The highest BCUT2D eigenvalue weighted by Crippen LogP contribution is 2.23. The highest BCUT2D eigenvalue weighted by atomic mass is 16.2. The zero-order chi connectivity index (χ0) is 15.2. The maximum atomic E-state index is 12.4. The fraction of sp³-hybridized carbons (Fsp3) is 0.353. The van der Waals surface area contributed by atoms with Crippen molar-refractivity contribution in [1.82, 2.24) is 14.9 Å². The molecule has 21 heavy (non-hydrogen) atoms. The van der Waals surface area contributed by atoms with Crippen LogP contribution in [-0.2, 0) is 4.79 Å². The van der Waals surface area contributed by atoms with Crippen molar-refractivity contribution in [2.75, 3.05) is 13.1 Å². The second-order valence-corrected chi connectivity index (χ2v) is 4.93. The maximum absolute atomic E-state index is 12.4. The Balaban J connectivity index is 2.27. The number of aromatic nitrogens is 2. The predicted molar refractivity (Wildman–Crippen MR) is 83.8 cm³/mol. The van der Waals surface area contributed by atoms with Gasteiger partial charge in [0.05, 0.1) is 5.92 Å². The molecule has 0 aliphatic rings. The monoisotopic (exact) mass is 283 g/mol. The molecule has 0 unspecified atom stereocenters. The van der Waals surface area contributed by atoms with Gasteiger partial charge in [0.1, 0.15) is 0 Å². The number of carbonyl (C=O) groups excluding carboxylic acids is 1. The highest BCUT2D eigenvalue weighted by Gasteiger charge is 2.20. The number of nitrogens with zero attached hydrogens (tertiary/aromatic N) is 3. The normalized spacial score (nSPS) is 12.0. The van der Waals surface area contributed by atoms with Crippen LogP contribution in [0.4, 0.5) is 0 Å². The van der Waals surface area contributed by atoms with Gasteiger partial charge in [0, 0.05) is 31.0 Å². The summed E-state index contributed by atoms with van der Waals surface area (Å²) in [6.45, 7) is 7.43. The lowest BCUT2D eigenvalue weighted by Crippen LogP contribution is -2.33. The standard InChI is InChI=1S/C17H21N3O/c1-4-20(5-2)17(21)13(3)14-8-6-9-15(12-14)16-18-10-7-11-19-16/h6-13H,4-5H2,1-3H3/t13-/m0/s1. The summed E-state index contributed by atoms with van der Waals surface area (Å²) in [4.78, 5) is 22.8. The van der Waals surface area contributed by atoms with E-state index >= 15 is 0 Å². The van der Waals surface area contributed by atoms with Crippen LogP contribution in [0, 0.1) is 0 Å². The molecule has 1 aromatic carbocycles. The molecule has 1 amide bonds. The Morgan fingerprint density at radius 2 is 1.81 bits per heavy atom. The van der Waals surface area contributed by atoms with Crippen molar-refractivity contribution in [2.45, 2.75) is 26.7 Å². The summed E-state index contributed by atoms with van der Waals surface area (Å²) in [6, 6.07) is 9.69. The van der Waals surface area contributed by atoms with E-state index in [1.807, 2.05) is 49.9 Å². The molecule has 0 N–H and O–H groups in total. The molecule has 4 nitrogen and oxygen atoms in total. The van der Waals surface area contributed by atoms with Crippen LogP contribution in [-0.4, -0.2) is 33.9 Å². The first-order valence-electron chi connectivity index (χ1n) is 7.33. The fourth-order valence-corrected chi connectivity index (χ4v) is 2.35. The van der Waals surface area contributed by atoms with Gasteiger partial charge in [-0.2, -0.15) is 0 Å². The molecule has 0 aliphatic heterocycles. The number of likely N-dealkylation sites (N-methyl/N-ethyl adjacent to an activating group) is 1. The smallest absolute Gasteiger partial charge is 0.229 e. The molecule has 1 atom stereocenters. The van der Waals surface area contributed by atoms with E-state index in [1.54, 1.807) is 18.5 Å². The van der Waals surface area contributed by atoms with Gasteiger partial charge in [-0.25, -0.2) is 9.97 Å². The van der Waals surface area contributed by atoms with Crippen molar-refractivity contribution in [2.24, 2.45) is 0 Å². The van der Waals surface area contributed by atoms with Crippen LogP contribution in [0.3, 0.4) is 0 Å². The van der Waals surface area contributed by atoms with Crippen molar-refractivity contribution in [3.05, 3.63) is 48.3 Å². The molecular weight excluding hydrogens is 262 g/mol. The van der Waals surface area contributed by atoms with E-state index in [0.717, 1.165) is 24.2 Å². The Morgan fingerprint density at radius 3 is 2.43 bits per heavy atom. The maximum Gasteiger partial charge on any atom is 0.229 e. The van der Waals surface area contributed by atoms with Crippen LogP contribution in [0.2, 0.25) is 0 Å². The first-order valence-corrected chi connectivity index (χ1v) is 7.33. The molecule has 0 radical (unpaired) electrons. The van der Waals surface area contributed by atoms with Gasteiger partial charge in [0.2, 0.25) is 5.91 Å². The first-order chi connectivity index (χ1) is 10.2. The van der Waals surface area contributed by atoms with Crippen LogP contribution < -0.4 is 0 Å². The van der Waals surface area contributed by atoms with Crippen LogP contribution in [0.25, 0.3) is 11.4 Å². The Labute approximate surface area is 125 Å². The molecule has 0 bridgehead atoms. The van der Waals surface area contributed by atoms with E-state index in [9.17, 15) is 4.79 Å². The van der Waals surface area contributed by atoms with Gasteiger partial charge in [-0.15, -0.1) is 0 Å². The molecule has 0 spiro atoms. The van der Waals surface area contributed by atoms with E-state index in [0.29, 0.717) is 5.82 Å². The largest absolute Gasteiger partial charge is 0.343 e. The SMILES string of the molecule is CCN(CC)C(=O)[C@@H](C)c1cccc(-c2ncccn2)c1. The minimum atomic E-state index is -0.159. The average Bonchev–Trinajstić information content (AvgIpc) is 2.56. The van der Waals surface area contributed by atoms with Gasteiger partial charge in [0.25, 0.3) is 0 Å². The Hall–Kier alpha value is -2.23. The van der Waals surface area contributed by atoms with Crippen LogP contribution in [0.5, 0.6) is 0 Å². The molecule has 1 aromatic heterocycles. The molecule has 2 rings (SSSR count). The summed E-state index contributed by atoms with van der Waals surface area (Å²) in [5.41, 5.74) is 1.93. The lowest BCUT2D eigenvalue weighted by atomic mass is 9.97. The molecule has 0 aliphatic carbocycles. The van der Waals surface area contributed by atoms with Crippen molar-refractivity contribution in [1.29, 1.82) is 0 Å². The number of hydrogen-bond donors (Lipinski definition) is 0. The van der Waals surface area contributed by atoms with Crippen molar-refractivity contribution >= 4 is 5.91 Å². The number of carbonyl (C=O) groups is 1. The third-order valence-corrected chi connectivity index (χ3v) is 3.66. The summed E-state index contributed by atoms with van der Waals surface area (Å²) >= 11 is 0. The van der Waals surface area contributed by atoms with Crippen molar-refractivity contribution in [3.8, 4) is 11.4 Å². The predicted octanol–water partition coefficient (Wildman–Crippen LogP) is 3.12. The van der Waals surface area contributed by atoms with E-state index in [2.05, 4.69) is 9.97 Å². The quantitative estimate of drug-likeness (QED) is 0.847. The van der Waals surface area contributed by atoms with E-state index in [4.69, 9.17) is 0 Å². The number of rotatable bonds is 5. The Bertz CT molecular complexity index is 594. The summed E-state index contributed by atoms with van der Waals surface area (Å²) < 4.78 is 0. The molecule has 2 aromatic rings. The molecule has 1 heterocycles. The fourth-order valence-electron chi connectivity index (χ4n) is 2.35. The molecule has 0 saturated heterocycles. The number of benzene rings is 1. The second-order valence-electron chi connectivity index (χ2n) is 4.93. The zero-order valence-electron chi connectivity index (χ0n) is 12.8. The molecule has 0 saturated carbocycles. The summed E-state index contributed by atoms with van der Waals surface area (Å²) in [6.07, 6.45) is 3.44. The van der Waals surface area contributed by atoms with Gasteiger partial charge in [-0.3, -0.25) is 4.79 Å². The van der Waals surface area contributed by atoms with Crippen LogP contribution in [0.15, 0.2) is 42.7 Å². The van der Waals surface area contributed by atoms with Gasteiger partial charge in [-0.1, -0.05) is 18.2 Å². The molecule has 0 fully saturated rings. The number of hydrogen-bond acceptors (Lipinski definition) is 3. The van der Waals surface area contributed by atoms with Gasteiger partial charge < -0.3 is 4.90 Å². The minimum absolute atomic E-state index is 0.158. The third-order valence-electron chi connectivity index (χ3n) is 3.66. The van der Waals surface area contributed by atoms with Gasteiger partial charge in [0.15, 0.2) is 5.82 Å². The minimum Gasteiger partial charge on any atom is -0.343 e. The molecular formula is C17H21N3O. The average molecular weight is 283 g/mol. The second kappa shape index (κ2) is 6.97. The van der Waals surface area contributed by atoms with Crippen LogP contribution in [0.1, 0.15) is 32.3 Å². The lowest BCUT2D eigenvalue weighted by Gasteiger charge is -2.23. The van der Waals surface area contributed by atoms with Crippen LogP contribution >= 0.6 is 0 Å². The third kappa shape index (κ3) is 3.45. The highest BCUT2D eigenvalue weighted by molar-refractivity contribution is 5.83. The first kappa shape index (κ1) is 15.2. The van der Waals surface area contributed by atoms with Gasteiger partial charge in [-0.05, 0) is 38.5 Å². The van der Waals surface area contributed by atoms with E-state index in [-0.39, 0.29) is 11.8 Å². The number of amides is 1. The summed E-state index contributed by atoms with van der Waals surface area (Å²) in [5.74, 6) is 0.682. The Morgan fingerprint density at radius 1 is 1.14 bits per heavy atom. The lowest BCUT2D eigenvalue weighted by molar-refractivity contribution is -0.132. The van der Waals surface area contributed by atoms with E-state index < -0.39 is 0 Å². The Kier molecular flexibility index (Phi) is 5.04. The molecule has 110 valence electrons. The summed E-state index contributed by atoms with van der Waals surface area (Å²) in [7, 11) is 0. The van der Waals surface area contributed by atoms with E-state index in [1.165, 1.54) is 0 Å². The molecule has 4 heteroatoms. The summed E-state index contributed by atoms with van der Waals surface area (Å²) in [5, 5.41) is 0. The zero-order valence-corrected chi connectivity index (χ0v) is 12.8. The van der Waals surface area contributed by atoms with Crippen molar-refractivity contribution in [3.63, 3.8) is 0 Å². The van der Waals surface area contributed by atoms with Crippen molar-refractivity contribution < 1.29 is 4.79 Å². The van der Waals surface area contributed by atoms with Gasteiger partial charge >= 0.3 is 0 Å². The topological polar surface area (TPSA) is 46.1 Å².